The number of nitrogens with zero attached hydrogens (tertiary/aromatic N) is 2. The lowest BCUT2D eigenvalue weighted by molar-refractivity contribution is -0.116. The van der Waals surface area contributed by atoms with Gasteiger partial charge >= 0.3 is 0 Å². The largest absolute Gasteiger partial charge is 0.494 e. The van der Waals surface area contributed by atoms with Crippen LogP contribution in [0.5, 0.6) is 11.5 Å². The molecule has 3 aromatic rings. The normalized spacial score (nSPS) is 16.6. The zero-order valence-electron chi connectivity index (χ0n) is 19.1. The fourth-order valence-corrected chi connectivity index (χ4v) is 4.73. The number of hydrogen-bond donors (Lipinski definition) is 0. The molecule has 34 heavy (non-hydrogen) atoms. The molecule has 7 heteroatoms. The number of anilines is 1. The molecule has 0 N–H and O–H groups in total. The number of carbonyl (C=O) groups excluding carboxylic acids is 2. The second kappa shape index (κ2) is 11.0. The number of thioether (sulfide) groups is 1. The van der Waals surface area contributed by atoms with Crippen molar-refractivity contribution in [2.45, 2.75) is 25.5 Å². The quantitative estimate of drug-likeness (QED) is 0.362. The van der Waals surface area contributed by atoms with Crippen LogP contribution >= 0.6 is 11.8 Å². The Hall–Kier alpha value is -3.58. The van der Waals surface area contributed by atoms with E-state index in [4.69, 9.17) is 14.5 Å². The molecule has 174 valence electrons. The molecule has 1 aliphatic rings. The van der Waals surface area contributed by atoms with Gasteiger partial charge in [-0.2, -0.15) is 0 Å². The van der Waals surface area contributed by atoms with Crippen molar-refractivity contribution in [1.29, 1.82) is 0 Å². The lowest BCUT2D eigenvalue weighted by Crippen LogP contribution is -2.32. The summed E-state index contributed by atoms with van der Waals surface area (Å²) in [7, 11) is 0. The van der Waals surface area contributed by atoms with Crippen LogP contribution in [-0.4, -0.2) is 35.3 Å². The molecular formula is C27H26N2O4S. The molecule has 0 saturated carbocycles. The van der Waals surface area contributed by atoms with Crippen molar-refractivity contribution in [2.75, 3.05) is 18.1 Å². The van der Waals surface area contributed by atoms with Crippen LogP contribution in [0.4, 0.5) is 11.4 Å². The smallest absolute Gasteiger partial charge is 0.247 e. The van der Waals surface area contributed by atoms with Gasteiger partial charge in [-0.05, 0) is 62.4 Å². The Labute approximate surface area is 203 Å². The summed E-state index contributed by atoms with van der Waals surface area (Å²) in [5.74, 6) is 1.26. The SMILES string of the molecule is CCOc1ccc(N=C2S[C@H](CC(=O)c3ccccc3)C(=O)N2c2ccc(OCC)cc2)cc1. The van der Waals surface area contributed by atoms with Gasteiger partial charge < -0.3 is 9.47 Å². The molecule has 1 atom stereocenters. The van der Waals surface area contributed by atoms with Gasteiger partial charge in [0.1, 0.15) is 11.5 Å². The first-order valence-corrected chi connectivity index (χ1v) is 12.1. The van der Waals surface area contributed by atoms with E-state index in [0.717, 1.165) is 11.5 Å². The minimum Gasteiger partial charge on any atom is -0.494 e. The monoisotopic (exact) mass is 474 g/mol. The molecule has 0 unspecified atom stereocenters. The van der Waals surface area contributed by atoms with E-state index in [2.05, 4.69) is 0 Å². The Balaban J connectivity index is 1.63. The van der Waals surface area contributed by atoms with Crippen LogP contribution in [0.25, 0.3) is 0 Å². The van der Waals surface area contributed by atoms with Gasteiger partial charge in [0.2, 0.25) is 5.91 Å². The second-order valence-corrected chi connectivity index (χ2v) is 8.69. The van der Waals surface area contributed by atoms with Crippen molar-refractivity contribution >= 4 is 40.0 Å². The van der Waals surface area contributed by atoms with Gasteiger partial charge in [0.25, 0.3) is 0 Å². The average molecular weight is 475 g/mol. The molecule has 0 radical (unpaired) electrons. The molecule has 1 saturated heterocycles. The zero-order chi connectivity index (χ0) is 23.9. The molecule has 1 heterocycles. The van der Waals surface area contributed by atoms with E-state index in [9.17, 15) is 9.59 Å². The summed E-state index contributed by atoms with van der Waals surface area (Å²) >= 11 is 1.31. The maximum atomic E-state index is 13.4. The predicted octanol–water partition coefficient (Wildman–Crippen LogP) is 5.89. The highest BCUT2D eigenvalue weighted by Gasteiger charge is 2.40. The summed E-state index contributed by atoms with van der Waals surface area (Å²) in [4.78, 5) is 32.6. The predicted molar refractivity (Wildman–Crippen MR) is 137 cm³/mol. The van der Waals surface area contributed by atoms with Crippen LogP contribution in [0.15, 0.2) is 83.9 Å². The number of carbonyl (C=O) groups is 2. The number of ketones is 1. The van der Waals surface area contributed by atoms with Gasteiger partial charge in [-0.1, -0.05) is 42.1 Å². The number of rotatable bonds is 9. The van der Waals surface area contributed by atoms with E-state index in [1.807, 2.05) is 80.6 Å². The van der Waals surface area contributed by atoms with Crippen molar-refractivity contribution in [2.24, 2.45) is 4.99 Å². The van der Waals surface area contributed by atoms with E-state index in [1.54, 1.807) is 17.0 Å². The van der Waals surface area contributed by atoms with Crippen LogP contribution < -0.4 is 14.4 Å². The van der Waals surface area contributed by atoms with Crippen LogP contribution in [0.1, 0.15) is 30.6 Å². The highest BCUT2D eigenvalue weighted by Crippen LogP contribution is 2.36. The summed E-state index contributed by atoms with van der Waals surface area (Å²) in [6, 6.07) is 23.8. The number of amidine groups is 1. The fourth-order valence-electron chi connectivity index (χ4n) is 3.57. The first kappa shape index (κ1) is 23.6. The third kappa shape index (κ3) is 5.48. The maximum Gasteiger partial charge on any atom is 0.247 e. The molecule has 1 aliphatic heterocycles. The molecule has 4 rings (SSSR count). The maximum absolute atomic E-state index is 13.4. The Morgan fingerprint density at radius 1 is 0.882 bits per heavy atom. The van der Waals surface area contributed by atoms with E-state index in [-0.39, 0.29) is 18.1 Å². The van der Waals surface area contributed by atoms with E-state index in [0.29, 0.717) is 35.3 Å². The molecule has 0 bridgehead atoms. The number of Topliss-reactive ketones (excluding diaryl/α,β-unsaturated/α-hetero) is 1. The Morgan fingerprint density at radius 2 is 1.47 bits per heavy atom. The average Bonchev–Trinajstić information content (AvgIpc) is 3.16. The summed E-state index contributed by atoms with van der Waals surface area (Å²) in [6.45, 7) is 5.00. The number of amides is 1. The van der Waals surface area contributed by atoms with Gasteiger partial charge in [0.15, 0.2) is 11.0 Å². The van der Waals surface area contributed by atoms with Gasteiger partial charge in [-0.3, -0.25) is 14.5 Å². The molecule has 0 aliphatic carbocycles. The topological polar surface area (TPSA) is 68.2 Å². The number of hydrogen-bond acceptors (Lipinski definition) is 6. The first-order chi connectivity index (χ1) is 16.6. The summed E-state index contributed by atoms with van der Waals surface area (Å²) < 4.78 is 11.0. The molecular weight excluding hydrogens is 448 g/mol. The molecule has 3 aromatic carbocycles. The Morgan fingerprint density at radius 3 is 2.06 bits per heavy atom. The molecule has 0 aromatic heterocycles. The molecule has 1 fully saturated rings. The van der Waals surface area contributed by atoms with Crippen molar-refractivity contribution < 1.29 is 19.1 Å². The standard InChI is InChI=1S/C27H26N2O4S/c1-3-32-22-14-10-20(11-15-22)28-27-29(21-12-16-23(17-13-21)33-4-2)26(31)25(34-27)18-24(30)19-8-6-5-7-9-19/h5-17,25H,3-4,18H2,1-2H3/t25-/m1/s1. The fraction of sp³-hybridized carbons (Fsp3) is 0.222. The third-order valence-electron chi connectivity index (χ3n) is 5.18. The van der Waals surface area contributed by atoms with Crippen molar-refractivity contribution in [3.05, 3.63) is 84.4 Å². The summed E-state index contributed by atoms with van der Waals surface area (Å²) in [6.07, 6.45) is 0.101. The summed E-state index contributed by atoms with van der Waals surface area (Å²) in [5, 5.41) is -0.0232. The van der Waals surface area contributed by atoms with Gasteiger partial charge in [0, 0.05) is 12.0 Å². The lowest BCUT2D eigenvalue weighted by atomic mass is 10.1. The van der Waals surface area contributed by atoms with Crippen LogP contribution in [0.3, 0.4) is 0 Å². The van der Waals surface area contributed by atoms with Crippen LogP contribution in [0.2, 0.25) is 0 Å². The van der Waals surface area contributed by atoms with Crippen LogP contribution in [-0.2, 0) is 4.79 Å². The van der Waals surface area contributed by atoms with Crippen molar-refractivity contribution in [3.63, 3.8) is 0 Å². The highest BCUT2D eigenvalue weighted by atomic mass is 32.2. The van der Waals surface area contributed by atoms with Crippen molar-refractivity contribution in [1.82, 2.24) is 0 Å². The van der Waals surface area contributed by atoms with Crippen LogP contribution in [0, 0.1) is 0 Å². The molecule has 1 amide bonds. The van der Waals surface area contributed by atoms with E-state index < -0.39 is 5.25 Å². The number of aliphatic imine (C=N–C) groups is 1. The lowest BCUT2D eigenvalue weighted by Gasteiger charge is -2.17. The van der Waals surface area contributed by atoms with Crippen molar-refractivity contribution in [3.8, 4) is 11.5 Å². The van der Waals surface area contributed by atoms with Gasteiger partial charge in [0.05, 0.1) is 29.8 Å². The second-order valence-electron chi connectivity index (χ2n) is 7.52. The first-order valence-electron chi connectivity index (χ1n) is 11.2. The number of benzene rings is 3. The zero-order valence-corrected chi connectivity index (χ0v) is 20.0. The van der Waals surface area contributed by atoms with E-state index in [1.165, 1.54) is 11.8 Å². The van der Waals surface area contributed by atoms with Gasteiger partial charge in [-0.25, -0.2) is 4.99 Å². The molecule has 0 spiro atoms. The molecule has 6 nitrogen and oxygen atoms in total. The third-order valence-corrected chi connectivity index (χ3v) is 6.32. The Kier molecular flexibility index (Phi) is 7.65. The Bertz CT molecular complexity index is 1160. The van der Waals surface area contributed by atoms with E-state index >= 15 is 0 Å². The number of ether oxygens (including phenoxy) is 2. The minimum atomic E-state index is -0.555. The van der Waals surface area contributed by atoms with Gasteiger partial charge in [-0.15, -0.1) is 0 Å². The minimum absolute atomic E-state index is 0.0691. The highest BCUT2D eigenvalue weighted by molar-refractivity contribution is 8.16. The summed E-state index contributed by atoms with van der Waals surface area (Å²) in [5.41, 5.74) is 1.98.